The quantitative estimate of drug-likeness (QED) is 0.359. The minimum Gasteiger partial charge on any atom is -0.483 e. The molecule has 0 bridgehead atoms. The number of ether oxygens (including phenoxy) is 1. The average Bonchev–Trinajstić information content (AvgIpc) is 2.88. The molecule has 5 heteroatoms. The summed E-state index contributed by atoms with van der Waals surface area (Å²) in [5.41, 5.74) is 6.32. The molecule has 0 radical (unpaired) electrons. The van der Waals surface area contributed by atoms with Gasteiger partial charge in [-0.25, -0.2) is 0 Å². The van der Waals surface area contributed by atoms with Crippen molar-refractivity contribution in [1.29, 1.82) is 0 Å². The van der Waals surface area contributed by atoms with E-state index in [1.807, 2.05) is 102 Å². The van der Waals surface area contributed by atoms with Crippen LogP contribution in [-0.4, -0.2) is 35.4 Å². The zero-order valence-electron chi connectivity index (χ0n) is 23.0. The normalized spacial score (nSPS) is 12.5. The van der Waals surface area contributed by atoms with E-state index in [1.165, 1.54) is 0 Å². The highest BCUT2D eigenvalue weighted by molar-refractivity contribution is 5.88. The molecule has 0 aliphatic heterocycles. The predicted octanol–water partition coefficient (Wildman–Crippen LogP) is 5.85. The molecule has 0 saturated heterocycles. The van der Waals surface area contributed by atoms with Crippen LogP contribution in [0.15, 0.2) is 66.7 Å². The zero-order chi connectivity index (χ0) is 26.9. The Kier molecular flexibility index (Phi) is 9.90. The fourth-order valence-electron chi connectivity index (χ4n) is 4.26. The van der Waals surface area contributed by atoms with Crippen molar-refractivity contribution in [3.8, 4) is 5.75 Å². The van der Waals surface area contributed by atoms with E-state index >= 15 is 0 Å². The SMILES string of the molecule is CC[C@H](C)NC(=O)[C@H](Cc1ccccc1)N(Cc1ccc(C)cc1)C(=O)COc1cc(C)cc(C)c1C. The molecule has 196 valence electrons. The molecule has 0 spiro atoms. The molecular formula is C32H40N2O3. The largest absolute Gasteiger partial charge is 0.483 e. The number of benzene rings is 3. The molecule has 0 fully saturated rings. The van der Waals surface area contributed by atoms with Crippen molar-refractivity contribution >= 4 is 11.8 Å². The van der Waals surface area contributed by atoms with E-state index in [2.05, 4.69) is 11.4 Å². The van der Waals surface area contributed by atoms with E-state index in [4.69, 9.17) is 4.74 Å². The highest BCUT2D eigenvalue weighted by Gasteiger charge is 2.31. The number of aryl methyl sites for hydroxylation is 3. The van der Waals surface area contributed by atoms with E-state index in [9.17, 15) is 9.59 Å². The molecule has 5 nitrogen and oxygen atoms in total. The minimum atomic E-state index is -0.672. The third-order valence-corrected chi connectivity index (χ3v) is 6.86. The van der Waals surface area contributed by atoms with Crippen molar-refractivity contribution in [2.45, 2.75) is 73.0 Å². The maximum absolute atomic E-state index is 13.8. The number of carbonyl (C=O) groups is 2. The molecule has 2 amide bonds. The zero-order valence-corrected chi connectivity index (χ0v) is 23.0. The van der Waals surface area contributed by atoms with Crippen LogP contribution in [0.2, 0.25) is 0 Å². The second-order valence-electron chi connectivity index (χ2n) is 10.0. The minimum absolute atomic E-state index is 0.0104. The van der Waals surface area contributed by atoms with Crippen LogP contribution in [0.4, 0.5) is 0 Å². The maximum Gasteiger partial charge on any atom is 0.261 e. The first-order valence-electron chi connectivity index (χ1n) is 13.1. The van der Waals surface area contributed by atoms with Gasteiger partial charge in [0.05, 0.1) is 0 Å². The van der Waals surface area contributed by atoms with Crippen molar-refractivity contribution in [2.75, 3.05) is 6.61 Å². The summed E-state index contributed by atoms with van der Waals surface area (Å²) in [5.74, 6) is 0.324. The van der Waals surface area contributed by atoms with E-state index in [1.54, 1.807) is 4.90 Å². The number of carbonyl (C=O) groups excluding carboxylic acids is 2. The molecule has 0 aliphatic rings. The van der Waals surface area contributed by atoms with Gasteiger partial charge in [0.1, 0.15) is 11.8 Å². The van der Waals surface area contributed by atoms with Crippen LogP contribution in [0.3, 0.4) is 0 Å². The standard InChI is InChI=1S/C32H40N2O3/c1-7-25(5)33-32(36)29(19-27-11-9-8-10-12-27)34(20-28-15-13-22(2)14-16-28)31(35)21-37-30-18-23(3)17-24(4)26(30)6/h8-18,25,29H,7,19-21H2,1-6H3,(H,33,36)/t25-,29-/m0/s1. The van der Waals surface area contributed by atoms with Gasteiger partial charge in [-0.05, 0) is 74.9 Å². The van der Waals surface area contributed by atoms with Gasteiger partial charge in [0, 0.05) is 19.0 Å². The fraction of sp³-hybridized carbons (Fsp3) is 0.375. The molecule has 0 unspecified atom stereocenters. The number of nitrogens with zero attached hydrogens (tertiary/aromatic N) is 1. The van der Waals surface area contributed by atoms with E-state index < -0.39 is 6.04 Å². The summed E-state index contributed by atoms with van der Waals surface area (Å²) in [6, 6.07) is 21.3. The molecule has 1 N–H and O–H groups in total. The smallest absolute Gasteiger partial charge is 0.261 e. The summed E-state index contributed by atoms with van der Waals surface area (Å²) in [7, 11) is 0. The van der Waals surface area contributed by atoms with E-state index in [0.29, 0.717) is 18.7 Å². The average molecular weight is 501 g/mol. The van der Waals surface area contributed by atoms with Crippen LogP contribution in [-0.2, 0) is 22.6 Å². The molecular weight excluding hydrogens is 460 g/mol. The third-order valence-electron chi connectivity index (χ3n) is 6.86. The lowest BCUT2D eigenvalue weighted by Gasteiger charge is -2.32. The molecule has 2 atom stereocenters. The van der Waals surface area contributed by atoms with Gasteiger partial charge in [0.15, 0.2) is 6.61 Å². The summed E-state index contributed by atoms with van der Waals surface area (Å²) < 4.78 is 6.06. The van der Waals surface area contributed by atoms with Gasteiger partial charge in [0.2, 0.25) is 5.91 Å². The summed E-state index contributed by atoms with van der Waals surface area (Å²) in [5, 5.41) is 3.10. The summed E-state index contributed by atoms with van der Waals surface area (Å²) in [4.78, 5) is 29.0. The topological polar surface area (TPSA) is 58.6 Å². The molecule has 3 rings (SSSR count). The van der Waals surface area contributed by atoms with Crippen LogP contribution in [0.25, 0.3) is 0 Å². The van der Waals surface area contributed by atoms with Gasteiger partial charge in [0.25, 0.3) is 5.91 Å². The van der Waals surface area contributed by atoms with Crippen LogP contribution >= 0.6 is 0 Å². The molecule has 0 aromatic heterocycles. The Labute approximate surface area is 221 Å². The van der Waals surface area contributed by atoms with Crippen LogP contribution < -0.4 is 10.1 Å². The van der Waals surface area contributed by atoms with Crippen molar-refractivity contribution in [3.05, 3.63) is 100 Å². The molecule has 37 heavy (non-hydrogen) atoms. The number of rotatable bonds is 11. The second-order valence-corrected chi connectivity index (χ2v) is 10.0. The van der Waals surface area contributed by atoms with Crippen LogP contribution in [0, 0.1) is 27.7 Å². The summed E-state index contributed by atoms with van der Waals surface area (Å²) >= 11 is 0. The number of hydrogen-bond donors (Lipinski definition) is 1. The molecule has 0 saturated carbocycles. The Morgan fingerprint density at radius 3 is 2.22 bits per heavy atom. The van der Waals surface area contributed by atoms with E-state index in [0.717, 1.165) is 39.8 Å². The Hall–Kier alpha value is -3.60. The van der Waals surface area contributed by atoms with Gasteiger partial charge in [-0.1, -0.05) is 73.2 Å². The Bertz CT molecular complexity index is 1190. The van der Waals surface area contributed by atoms with Crippen molar-refractivity contribution in [1.82, 2.24) is 10.2 Å². The van der Waals surface area contributed by atoms with Crippen LogP contribution in [0.1, 0.15) is 53.6 Å². The lowest BCUT2D eigenvalue weighted by molar-refractivity contribution is -0.143. The number of nitrogens with one attached hydrogen (secondary N) is 1. The Morgan fingerprint density at radius 1 is 0.892 bits per heavy atom. The highest BCUT2D eigenvalue weighted by Crippen LogP contribution is 2.24. The van der Waals surface area contributed by atoms with Crippen LogP contribution in [0.5, 0.6) is 5.75 Å². The molecule has 3 aromatic carbocycles. The van der Waals surface area contributed by atoms with Gasteiger partial charge in [-0.2, -0.15) is 0 Å². The number of amides is 2. The number of hydrogen-bond acceptors (Lipinski definition) is 3. The molecule has 0 aliphatic carbocycles. The summed E-state index contributed by atoms with van der Waals surface area (Å²) in [6.45, 7) is 12.3. The lowest BCUT2D eigenvalue weighted by atomic mass is 10.0. The predicted molar refractivity (Wildman–Crippen MR) is 150 cm³/mol. The second kappa shape index (κ2) is 13.1. The van der Waals surface area contributed by atoms with Crippen molar-refractivity contribution < 1.29 is 14.3 Å². The van der Waals surface area contributed by atoms with Gasteiger partial charge < -0.3 is 15.0 Å². The highest BCUT2D eigenvalue weighted by atomic mass is 16.5. The first kappa shape index (κ1) is 28.0. The Morgan fingerprint density at radius 2 is 1.57 bits per heavy atom. The fourth-order valence-corrected chi connectivity index (χ4v) is 4.26. The van der Waals surface area contributed by atoms with Gasteiger partial charge >= 0.3 is 0 Å². The third kappa shape index (κ3) is 7.94. The lowest BCUT2D eigenvalue weighted by Crippen LogP contribution is -2.53. The van der Waals surface area contributed by atoms with Crippen molar-refractivity contribution in [3.63, 3.8) is 0 Å². The van der Waals surface area contributed by atoms with Gasteiger partial charge in [-0.3, -0.25) is 9.59 Å². The maximum atomic E-state index is 13.8. The van der Waals surface area contributed by atoms with Crippen molar-refractivity contribution in [2.24, 2.45) is 0 Å². The molecule has 3 aromatic rings. The monoisotopic (exact) mass is 500 g/mol. The first-order chi connectivity index (χ1) is 17.7. The first-order valence-corrected chi connectivity index (χ1v) is 13.1. The van der Waals surface area contributed by atoms with Gasteiger partial charge in [-0.15, -0.1) is 0 Å². The summed E-state index contributed by atoms with van der Waals surface area (Å²) in [6.07, 6.45) is 1.23. The van der Waals surface area contributed by atoms with E-state index in [-0.39, 0.29) is 24.5 Å². The Balaban J connectivity index is 1.94. The molecule has 0 heterocycles.